The Kier molecular flexibility index (Phi) is 3.24. The van der Waals surface area contributed by atoms with E-state index in [1.54, 1.807) is 24.6 Å². The van der Waals surface area contributed by atoms with Crippen LogP contribution in [0.15, 0.2) is 76.5 Å². The van der Waals surface area contributed by atoms with E-state index in [1.165, 1.54) is 12.1 Å². The van der Waals surface area contributed by atoms with Crippen LogP contribution in [0, 0.1) is 5.82 Å². The van der Waals surface area contributed by atoms with E-state index < -0.39 is 0 Å². The lowest BCUT2D eigenvalue weighted by molar-refractivity contribution is 0.580. The van der Waals surface area contributed by atoms with Crippen LogP contribution in [0.4, 0.5) is 10.2 Å². The zero-order valence-electron chi connectivity index (χ0n) is 12.1. The Bertz CT molecular complexity index is 969. The van der Waals surface area contributed by atoms with Crippen LogP contribution in [-0.2, 0) is 0 Å². The van der Waals surface area contributed by atoms with Gasteiger partial charge in [0.25, 0.3) is 0 Å². The van der Waals surface area contributed by atoms with Crippen LogP contribution in [0.5, 0.6) is 0 Å². The largest absolute Gasteiger partial charge is 0.463 e. The lowest BCUT2D eigenvalue weighted by Gasteiger charge is -1.98. The van der Waals surface area contributed by atoms with Crippen molar-refractivity contribution in [3.05, 3.63) is 78.4 Å². The number of pyridine rings is 1. The molecule has 0 N–H and O–H groups in total. The molecule has 0 fully saturated rings. The summed E-state index contributed by atoms with van der Waals surface area (Å²) in [6.07, 6.45) is 5.18. The molecule has 0 atom stereocenters. The molecule has 0 unspecified atom stereocenters. The number of imidazole rings is 1. The Labute approximate surface area is 131 Å². The number of rotatable bonds is 3. The third kappa shape index (κ3) is 2.53. The number of furan rings is 1. The van der Waals surface area contributed by atoms with Crippen LogP contribution in [0.1, 0.15) is 5.56 Å². The fourth-order valence-corrected chi connectivity index (χ4v) is 2.37. The first-order valence-electron chi connectivity index (χ1n) is 7.12. The van der Waals surface area contributed by atoms with Gasteiger partial charge in [-0.25, -0.2) is 14.4 Å². The van der Waals surface area contributed by atoms with E-state index in [4.69, 9.17) is 4.42 Å². The van der Waals surface area contributed by atoms with Crippen molar-refractivity contribution in [2.45, 2.75) is 0 Å². The summed E-state index contributed by atoms with van der Waals surface area (Å²) in [6.45, 7) is 0. The molecule has 3 aromatic heterocycles. The van der Waals surface area contributed by atoms with Crippen LogP contribution in [0.2, 0.25) is 0 Å². The second kappa shape index (κ2) is 5.53. The van der Waals surface area contributed by atoms with Gasteiger partial charge in [-0.1, -0.05) is 18.2 Å². The molecule has 0 aliphatic heterocycles. The second-order valence-corrected chi connectivity index (χ2v) is 5.00. The molecule has 0 aliphatic rings. The quantitative estimate of drug-likeness (QED) is 0.524. The maximum atomic E-state index is 13.0. The molecular formula is C18H12FN3O. The van der Waals surface area contributed by atoms with Gasteiger partial charge in [-0.3, -0.25) is 4.40 Å². The Morgan fingerprint density at radius 2 is 1.91 bits per heavy atom. The minimum absolute atomic E-state index is 0.270. The van der Waals surface area contributed by atoms with Crippen molar-refractivity contribution < 1.29 is 8.81 Å². The molecule has 4 rings (SSSR count). The molecule has 0 radical (unpaired) electrons. The summed E-state index contributed by atoms with van der Waals surface area (Å²) >= 11 is 0. The van der Waals surface area contributed by atoms with Crippen molar-refractivity contribution in [3.63, 3.8) is 0 Å². The topological polar surface area (TPSA) is 42.8 Å². The maximum Gasteiger partial charge on any atom is 0.168 e. The van der Waals surface area contributed by atoms with Gasteiger partial charge in [0, 0.05) is 12.4 Å². The van der Waals surface area contributed by atoms with Gasteiger partial charge in [-0.2, -0.15) is 0 Å². The first-order valence-corrected chi connectivity index (χ1v) is 7.12. The summed E-state index contributed by atoms with van der Waals surface area (Å²) in [6, 6.07) is 15.6. The Morgan fingerprint density at radius 3 is 2.70 bits per heavy atom. The van der Waals surface area contributed by atoms with Crippen LogP contribution in [-0.4, -0.2) is 15.6 Å². The number of hydrogen-bond acceptors (Lipinski definition) is 3. The Hall–Kier alpha value is -3.21. The summed E-state index contributed by atoms with van der Waals surface area (Å²) in [5.74, 6) is 1.05. The first kappa shape index (κ1) is 13.5. The molecule has 1 aromatic carbocycles. The molecule has 0 amide bonds. The highest BCUT2D eigenvalue weighted by molar-refractivity contribution is 5.84. The molecule has 4 nitrogen and oxygen atoms in total. The monoisotopic (exact) mass is 305 g/mol. The van der Waals surface area contributed by atoms with Gasteiger partial charge in [0.1, 0.15) is 11.5 Å². The van der Waals surface area contributed by atoms with E-state index in [1.807, 2.05) is 40.9 Å². The fraction of sp³-hybridized carbons (Fsp3) is 0. The third-order valence-corrected chi connectivity index (χ3v) is 3.47. The summed E-state index contributed by atoms with van der Waals surface area (Å²) in [4.78, 5) is 9.12. The van der Waals surface area contributed by atoms with Gasteiger partial charge in [0.15, 0.2) is 17.3 Å². The molecule has 23 heavy (non-hydrogen) atoms. The van der Waals surface area contributed by atoms with Gasteiger partial charge in [0.2, 0.25) is 0 Å². The van der Waals surface area contributed by atoms with Crippen molar-refractivity contribution in [2.75, 3.05) is 0 Å². The van der Waals surface area contributed by atoms with E-state index in [0.717, 1.165) is 11.2 Å². The molecule has 0 bridgehead atoms. The van der Waals surface area contributed by atoms with E-state index >= 15 is 0 Å². The maximum absolute atomic E-state index is 13.0. The van der Waals surface area contributed by atoms with Crippen molar-refractivity contribution in [3.8, 4) is 11.5 Å². The van der Waals surface area contributed by atoms with Crippen molar-refractivity contribution in [2.24, 2.45) is 4.99 Å². The number of halogens is 1. The Morgan fingerprint density at radius 1 is 1.04 bits per heavy atom. The van der Waals surface area contributed by atoms with Crippen molar-refractivity contribution in [1.82, 2.24) is 9.38 Å². The highest BCUT2D eigenvalue weighted by atomic mass is 19.1. The van der Waals surface area contributed by atoms with Crippen LogP contribution in [0.25, 0.3) is 17.1 Å². The number of hydrogen-bond donors (Lipinski definition) is 0. The molecule has 4 aromatic rings. The van der Waals surface area contributed by atoms with Gasteiger partial charge >= 0.3 is 0 Å². The molecule has 0 saturated heterocycles. The zero-order chi connectivity index (χ0) is 15.6. The van der Waals surface area contributed by atoms with Crippen LogP contribution >= 0.6 is 0 Å². The SMILES string of the molecule is Fc1ccc(/C=N/c2c(-c3ccco3)nc3ccccn23)cc1. The Balaban J connectivity index is 1.84. The summed E-state index contributed by atoms with van der Waals surface area (Å²) in [5.41, 5.74) is 2.26. The summed E-state index contributed by atoms with van der Waals surface area (Å²) in [7, 11) is 0. The fourth-order valence-electron chi connectivity index (χ4n) is 2.37. The second-order valence-electron chi connectivity index (χ2n) is 5.00. The minimum Gasteiger partial charge on any atom is -0.463 e. The number of aliphatic imine (C=N–C) groups is 1. The predicted molar refractivity (Wildman–Crippen MR) is 86.5 cm³/mol. The zero-order valence-corrected chi connectivity index (χ0v) is 12.1. The average Bonchev–Trinajstić information content (AvgIpc) is 3.22. The lowest BCUT2D eigenvalue weighted by atomic mass is 10.2. The standard InChI is InChI=1S/C18H12FN3O/c19-14-8-6-13(7-9-14)12-20-18-17(15-4-3-11-23-15)21-16-5-1-2-10-22(16)18/h1-12H/b20-12+. The van der Waals surface area contributed by atoms with E-state index in [9.17, 15) is 4.39 Å². The molecular weight excluding hydrogens is 293 g/mol. The van der Waals surface area contributed by atoms with E-state index in [2.05, 4.69) is 9.98 Å². The van der Waals surface area contributed by atoms with Crippen molar-refractivity contribution in [1.29, 1.82) is 0 Å². The molecule has 112 valence electrons. The van der Waals surface area contributed by atoms with Crippen LogP contribution in [0.3, 0.4) is 0 Å². The predicted octanol–water partition coefficient (Wildman–Crippen LogP) is 4.48. The minimum atomic E-state index is -0.270. The van der Waals surface area contributed by atoms with Gasteiger partial charge in [-0.05, 0) is 42.0 Å². The highest BCUT2D eigenvalue weighted by Gasteiger charge is 2.14. The third-order valence-electron chi connectivity index (χ3n) is 3.47. The van der Waals surface area contributed by atoms with Gasteiger partial charge in [0.05, 0.1) is 6.26 Å². The number of fused-ring (bicyclic) bond motifs is 1. The molecule has 0 aliphatic carbocycles. The lowest BCUT2D eigenvalue weighted by Crippen LogP contribution is -1.85. The molecule has 0 spiro atoms. The number of aromatic nitrogens is 2. The summed E-state index contributed by atoms with van der Waals surface area (Å²) in [5, 5.41) is 0. The number of benzene rings is 1. The van der Waals surface area contributed by atoms with Gasteiger partial charge in [-0.15, -0.1) is 0 Å². The summed E-state index contributed by atoms with van der Waals surface area (Å²) < 4.78 is 20.3. The van der Waals surface area contributed by atoms with Crippen LogP contribution < -0.4 is 0 Å². The molecule has 0 saturated carbocycles. The van der Waals surface area contributed by atoms with Crippen molar-refractivity contribution >= 4 is 17.7 Å². The average molecular weight is 305 g/mol. The normalized spacial score (nSPS) is 11.5. The van der Waals surface area contributed by atoms with E-state index in [-0.39, 0.29) is 5.82 Å². The van der Waals surface area contributed by atoms with Gasteiger partial charge < -0.3 is 4.42 Å². The van der Waals surface area contributed by atoms with E-state index in [0.29, 0.717) is 17.3 Å². The first-order chi connectivity index (χ1) is 11.3. The molecule has 3 heterocycles. The number of nitrogens with zero attached hydrogens (tertiary/aromatic N) is 3. The smallest absolute Gasteiger partial charge is 0.168 e. The molecule has 5 heteroatoms. The highest BCUT2D eigenvalue weighted by Crippen LogP contribution is 2.31.